The number of hydrogen-bond acceptors (Lipinski definition) is 4. The molecule has 2 fully saturated rings. The summed E-state index contributed by atoms with van der Waals surface area (Å²) in [5.41, 5.74) is -0.494. The molecule has 16 heavy (non-hydrogen) atoms. The van der Waals surface area contributed by atoms with Gasteiger partial charge in [-0.1, -0.05) is 6.92 Å². The lowest BCUT2D eigenvalue weighted by Crippen LogP contribution is -2.55. The van der Waals surface area contributed by atoms with Crippen molar-refractivity contribution >= 4 is 0 Å². The number of morpholine rings is 1. The van der Waals surface area contributed by atoms with Crippen molar-refractivity contribution in [3.63, 3.8) is 0 Å². The highest BCUT2D eigenvalue weighted by Crippen LogP contribution is 2.22. The van der Waals surface area contributed by atoms with Gasteiger partial charge in [0.05, 0.1) is 18.8 Å². The van der Waals surface area contributed by atoms with E-state index < -0.39 is 5.60 Å². The van der Waals surface area contributed by atoms with Crippen molar-refractivity contribution in [2.45, 2.75) is 25.4 Å². The molecule has 2 saturated heterocycles. The lowest BCUT2D eigenvalue weighted by Gasteiger charge is -2.42. The zero-order chi connectivity index (χ0) is 11.4. The number of aliphatic hydroxyl groups is 1. The van der Waals surface area contributed by atoms with Gasteiger partial charge in [-0.05, 0) is 25.9 Å². The molecule has 0 spiro atoms. The molecule has 2 aliphatic heterocycles. The van der Waals surface area contributed by atoms with Crippen molar-refractivity contribution in [3.8, 4) is 0 Å². The third-order valence-corrected chi connectivity index (χ3v) is 3.70. The first kappa shape index (κ1) is 12.3. The highest BCUT2D eigenvalue weighted by Gasteiger charge is 2.34. The number of piperidine rings is 1. The van der Waals surface area contributed by atoms with E-state index in [2.05, 4.69) is 16.7 Å². The van der Waals surface area contributed by atoms with E-state index in [1.54, 1.807) is 0 Å². The Bertz CT molecular complexity index is 219. The summed E-state index contributed by atoms with van der Waals surface area (Å²) >= 11 is 0. The second kappa shape index (κ2) is 5.45. The molecule has 0 aromatic heterocycles. The lowest BCUT2D eigenvalue weighted by atomic mass is 9.92. The fraction of sp³-hybridized carbons (Fsp3) is 1.00. The number of rotatable bonds is 3. The molecule has 0 aromatic carbocycles. The van der Waals surface area contributed by atoms with Crippen LogP contribution in [0, 0.1) is 0 Å². The van der Waals surface area contributed by atoms with Crippen molar-refractivity contribution < 1.29 is 9.84 Å². The van der Waals surface area contributed by atoms with Crippen LogP contribution < -0.4 is 0 Å². The van der Waals surface area contributed by atoms with E-state index in [9.17, 15) is 5.11 Å². The Balaban J connectivity index is 1.85. The second-order valence-corrected chi connectivity index (χ2v) is 5.09. The summed E-state index contributed by atoms with van der Waals surface area (Å²) in [7, 11) is 0. The highest BCUT2D eigenvalue weighted by molar-refractivity contribution is 4.90. The maximum absolute atomic E-state index is 10.6. The Labute approximate surface area is 98.2 Å². The van der Waals surface area contributed by atoms with Gasteiger partial charge in [-0.2, -0.15) is 0 Å². The summed E-state index contributed by atoms with van der Waals surface area (Å²) in [5, 5.41) is 10.6. The number of nitrogens with zero attached hydrogens (tertiary/aromatic N) is 2. The van der Waals surface area contributed by atoms with Crippen LogP contribution in [0.5, 0.6) is 0 Å². The van der Waals surface area contributed by atoms with Crippen molar-refractivity contribution in [3.05, 3.63) is 0 Å². The Morgan fingerprint density at radius 3 is 2.62 bits per heavy atom. The number of likely N-dealkylation sites (tertiary alicyclic amines) is 1. The van der Waals surface area contributed by atoms with E-state index in [-0.39, 0.29) is 0 Å². The van der Waals surface area contributed by atoms with Crippen LogP contribution in [0.3, 0.4) is 0 Å². The van der Waals surface area contributed by atoms with E-state index in [0.717, 1.165) is 65.3 Å². The standard InChI is InChI=1S/C12H24N2O2/c1-2-13-5-3-4-12(15,10-13)11-14-6-8-16-9-7-14/h15H,2-11H2,1H3. The monoisotopic (exact) mass is 228 g/mol. The number of β-amino-alcohol motifs (C(OH)–C–C–N with tert-alkyl or cyclic N) is 1. The molecule has 1 N–H and O–H groups in total. The maximum atomic E-state index is 10.6. The summed E-state index contributed by atoms with van der Waals surface area (Å²) in [6.45, 7) is 9.56. The molecule has 94 valence electrons. The Morgan fingerprint density at radius 2 is 1.94 bits per heavy atom. The van der Waals surface area contributed by atoms with Crippen molar-refractivity contribution in [2.75, 3.05) is 52.5 Å². The third-order valence-electron chi connectivity index (χ3n) is 3.70. The molecule has 1 atom stereocenters. The minimum atomic E-state index is -0.494. The first-order chi connectivity index (χ1) is 7.72. The van der Waals surface area contributed by atoms with Crippen LogP contribution in [0.2, 0.25) is 0 Å². The molecule has 4 heteroatoms. The van der Waals surface area contributed by atoms with Crippen LogP contribution in [0.25, 0.3) is 0 Å². The van der Waals surface area contributed by atoms with Gasteiger partial charge in [0.2, 0.25) is 0 Å². The van der Waals surface area contributed by atoms with Gasteiger partial charge in [-0.15, -0.1) is 0 Å². The number of ether oxygens (including phenoxy) is 1. The Morgan fingerprint density at radius 1 is 1.19 bits per heavy atom. The summed E-state index contributed by atoms with van der Waals surface area (Å²) in [6.07, 6.45) is 2.07. The number of likely N-dealkylation sites (N-methyl/N-ethyl adjacent to an activating group) is 1. The molecule has 2 aliphatic rings. The van der Waals surface area contributed by atoms with Gasteiger partial charge in [0.1, 0.15) is 0 Å². The maximum Gasteiger partial charge on any atom is 0.0900 e. The molecule has 0 saturated carbocycles. The van der Waals surface area contributed by atoms with E-state index in [0.29, 0.717) is 0 Å². The van der Waals surface area contributed by atoms with Crippen molar-refractivity contribution in [2.24, 2.45) is 0 Å². The van der Waals surface area contributed by atoms with E-state index in [4.69, 9.17) is 4.74 Å². The minimum Gasteiger partial charge on any atom is -0.387 e. The quantitative estimate of drug-likeness (QED) is 0.747. The minimum absolute atomic E-state index is 0.494. The molecule has 0 bridgehead atoms. The van der Waals surface area contributed by atoms with Gasteiger partial charge in [0.15, 0.2) is 0 Å². The van der Waals surface area contributed by atoms with E-state index in [1.165, 1.54) is 0 Å². The van der Waals surface area contributed by atoms with E-state index >= 15 is 0 Å². The van der Waals surface area contributed by atoms with Crippen molar-refractivity contribution in [1.29, 1.82) is 0 Å². The Hall–Kier alpha value is -0.160. The summed E-state index contributed by atoms with van der Waals surface area (Å²) in [5.74, 6) is 0. The van der Waals surface area contributed by atoms with Gasteiger partial charge < -0.3 is 14.7 Å². The van der Waals surface area contributed by atoms with Crippen molar-refractivity contribution in [1.82, 2.24) is 9.80 Å². The summed E-state index contributed by atoms with van der Waals surface area (Å²) < 4.78 is 5.33. The zero-order valence-electron chi connectivity index (χ0n) is 10.3. The van der Waals surface area contributed by atoms with Crippen LogP contribution in [-0.2, 0) is 4.74 Å². The molecule has 2 rings (SSSR count). The zero-order valence-corrected chi connectivity index (χ0v) is 10.3. The normalized spacial score (nSPS) is 34.1. The fourth-order valence-electron chi connectivity index (χ4n) is 2.78. The topological polar surface area (TPSA) is 35.9 Å². The molecular weight excluding hydrogens is 204 g/mol. The molecule has 4 nitrogen and oxygen atoms in total. The third kappa shape index (κ3) is 3.17. The largest absolute Gasteiger partial charge is 0.387 e. The van der Waals surface area contributed by atoms with Crippen LogP contribution in [0.15, 0.2) is 0 Å². The Kier molecular flexibility index (Phi) is 4.19. The van der Waals surface area contributed by atoms with Gasteiger partial charge in [0, 0.05) is 26.2 Å². The number of hydrogen-bond donors (Lipinski definition) is 1. The second-order valence-electron chi connectivity index (χ2n) is 5.09. The van der Waals surface area contributed by atoms with Crippen LogP contribution >= 0.6 is 0 Å². The summed E-state index contributed by atoms with van der Waals surface area (Å²) in [6, 6.07) is 0. The fourth-order valence-corrected chi connectivity index (χ4v) is 2.78. The smallest absolute Gasteiger partial charge is 0.0900 e. The SMILES string of the molecule is CCN1CCCC(O)(CN2CCOCC2)C1. The lowest BCUT2D eigenvalue weighted by molar-refractivity contribution is -0.0688. The predicted octanol–water partition coefficient (Wildman–Crippen LogP) is 0.165. The van der Waals surface area contributed by atoms with Crippen LogP contribution in [0.1, 0.15) is 19.8 Å². The highest BCUT2D eigenvalue weighted by atomic mass is 16.5. The van der Waals surface area contributed by atoms with Gasteiger partial charge in [-0.3, -0.25) is 4.90 Å². The molecule has 0 aromatic rings. The van der Waals surface area contributed by atoms with Gasteiger partial charge in [-0.25, -0.2) is 0 Å². The van der Waals surface area contributed by atoms with Crippen LogP contribution in [-0.4, -0.2) is 73.0 Å². The average Bonchev–Trinajstić information content (AvgIpc) is 2.29. The molecule has 1 unspecified atom stereocenters. The van der Waals surface area contributed by atoms with Gasteiger partial charge in [0.25, 0.3) is 0 Å². The molecule has 0 amide bonds. The average molecular weight is 228 g/mol. The van der Waals surface area contributed by atoms with Gasteiger partial charge >= 0.3 is 0 Å². The first-order valence-electron chi connectivity index (χ1n) is 6.47. The predicted molar refractivity (Wildman–Crippen MR) is 63.6 cm³/mol. The van der Waals surface area contributed by atoms with Crippen LogP contribution in [0.4, 0.5) is 0 Å². The molecule has 0 aliphatic carbocycles. The molecule has 0 radical (unpaired) electrons. The first-order valence-corrected chi connectivity index (χ1v) is 6.47. The molecule has 2 heterocycles. The molecular formula is C12H24N2O2. The summed E-state index contributed by atoms with van der Waals surface area (Å²) in [4.78, 5) is 4.69. The van der Waals surface area contributed by atoms with E-state index in [1.807, 2.05) is 0 Å².